The number of esters is 2. The summed E-state index contributed by atoms with van der Waals surface area (Å²) in [7, 11) is 0. The first-order chi connectivity index (χ1) is 19.6. The number of unbranched alkanes of at least 4 members (excludes halogenated alkanes) is 21. The van der Waals surface area contributed by atoms with Gasteiger partial charge in [-0.05, 0) is 38.5 Å². The molecule has 0 bridgehead atoms. The van der Waals surface area contributed by atoms with Crippen molar-refractivity contribution >= 4 is 11.9 Å². The average Bonchev–Trinajstić information content (AvgIpc) is 2.96. The summed E-state index contributed by atoms with van der Waals surface area (Å²) in [4.78, 5) is 24.2. The molecule has 1 unspecified atom stereocenters. The van der Waals surface area contributed by atoms with Crippen molar-refractivity contribution in [2.24, 2.45) is 5.73 Å². The topological polar surface area (TPSA) is 78.6 Å². The Bertz CT molecular complexity index is 578. The van der Waals surface area contributed by atoms with Crippen molar-refractivity contribution in [2.45, 2.75) is 187 Å². The van der Waals surface area contributed by atoms with E-state index in [1.54, 1.807) is 0 Å². The lowest BCUT2D eigenvalue weighted by Gasteiger charge is -2.16. The van der Waals surface area contributed by atoms with Crippen molar-refractivity contribution in [3.05, 3.63) is 12.2 Å². The van der Waals surface area contributed by atoms with Crippen molar-refractivity contribution in [3.8, 4) is 0 Å². The van der Waals surface area contributed by atoms with E-state index in [2.05, 4.69) is 26.0 Å². The minimum Gasteiger partial charge on any atom is -0.462 e. The summed E-state index contributed by atoms with van der Waals surface area (Å²) >= 11 is 0. The van der Waals surface area contributed by atoms with Crippen LogP contribution in [0.2, 0.25) is 0 Å². The summed E-state index contributed by atoms with van der Waals surface area (Å²) in [5.41, 5.74) is 5.73. The van der Waals surface area contributed by atoms with Gasteiger partial charge in [0.2, 0.25) is 0 Å². The molecule has 5 heteroatoms. The smallest absolute Gasteiger partial charge is 0.306 e. The largest absolute Gasteiger partial charge is 0.462 e. The van der Waals surface area contributed by atoms with E-state index in [4.69, 9.17) is 15.2 Å². The van der Waals surface area contributed by atoms with Gasteiger partial charge in [-0.2, -0.15) is 0 Å². The second-order valence-corrected chi connectivity index (χ2v) is 11.7. The molecule has 0 spiro atoms. The molecule has 236 valence electrons. The first-order valence-electron chi connectivity index (χ1n) is 17.3. The molecule has 0 heterocycles. The monoisotopic (exact) mass is 566 g/mol. The molecule has 0 aliphatic heterocycles. The van der Waals surface area contributed by atoms with Crippen LogP contribution in [0, 0.1) is 0 Å². The highest BCUT2D eigenvalue weighted by Crippen LogP contribution is 2.13. The number of hydrogen-bond acceptors (Lipinski definition) is 5. The molecule has 0 saturated heterocycles. The van der Waals surface area contributed by atoms with Crippen LogP contribution in [0.5, 0.6) is 0 Å². The van der Waals surface area contributed by atoms with Gasteiger partial charge in [-0.3, -0.25) is 9.59 Å². The normalized spacial score (nSPS) is 12.2. The van der Waals surface area contributed by atoms with Crippen LogP contribution in [-0.2, 0) is 19.1 Å². The van der Waals surface area contributed by atoms with Gasteiger partial charge in [-0.1, -0.05) is 142 Å². The maximum Gasteiger partial charge on any atom is 0.306 e. The predicted molar refractivity (Wildman–Crippen MR) is 170 cm³/mol. The molecular formula is C35H67NO4. The fourth-order valence-corrected chi connectivity index (χ4v) is 4.93. The average molecular weight is 566 g/mol. The Hall–Kier alpha value is -1.36. The molecule has 0 aromatic heterocycles. The summed E-state index contributed by atoms with van der Waals surface area (Å²) < 4.78 is 10.7. The number of rotatable bonds is 31. The molecule has 0 rings (SSSR count). The third-order valence-electron chi connectivity index (χ3n) is 7.62. The highest BCUT2D eigenvalue weighted by Gasteiger charge is 2.15. The molecule has 0 radical (unpaired) electrons. The molecule has 0 aromatic rings. The Balaban J connectivity index is 3.57. The standard InChI is InChI=1S/C35H67NO4/c1-3-5-7-9-11-13-15-16-17-18-20-21-23-25-27-29-34(37)39-32-33(31-36)40-35(38)30-28-26-24-22-19-14-12-10-8-6-4-2/h16-17,33H,3-15,18-32,36H2,1-2H3/b17-16-. The third kappa shape index (κ3) is 29.6. The van der Waals surface area contributed by atoms with Crippen molar-refractivity contribution in [3.63, 3.8) is 0 Å². The third-order valence-corrected chi connectivity index (χ3v) is 7.62. The molecule has 1 atom stereocenters. The van der Waals surface area contributed by atoms with Crippen LogP contribution in [0.1, 0.15) is 181 Å². The summed E-state index contributed by atoms with van der Waals surface area (Å²) in [6.07, 6.45) is 34.7. The lowest BCUT2D eigenvalue weighted by Crippen LogP contribution is -2.32. The van der Waals surface area contributed by atoms with Crippen LogP contribution in [0.25, 0.3) is 0 Å². The first-order valence-corrected chi connectivity index (χ1v) is 17.3. The second-order valence-electron chi connectivity index (χ2n) is 11.7. The van der Waals surface area contributed by atoms with Gasteiger partial charge in [0, 0.05) is 19.4 Å². The fraction of sp³-hybridized carbons (Fsp3) is 0.886. The van der Waals surface area contributed by atoms with E-state index in [1.165, 1.54) is 116 Å². The van der Waals surface area contributed by atoms with Crippen LogP contribution in [0.3, 0.4) is 0 Å². The lowest BCUT2D eigenvalue weighted by molar-refractivity contribution is -0.158. The maximum absolute atomic E-state index is 12.1. The van der Waals surface area contributed by atoms with Gasteiger partial charge < -0.3 is 15.2 Å². The van der Waals surface area contributed by atoms with Crippen LogP contribution >= 0.6 is 0 Å². The van der Waals surface area contributed by atoms with E-state index in [0.29, 0.717) is 12.8 Å². The predicted octanol–water partition coefficient (Wildman–Crippen LogP) is 10.1. The van der Waals surface area contributed by atoms with Gasteiger partial charge in [-0.25, -0.2) is 0 Å². The summed E-state index contributed by atoms with van der Waals surface area (Å²) in [5, 5.41) is 0. The molecule has 5 nitrogen and oxygen atoms in total. The van der Waals surface area contributed by atoms with Gasteiger partial charge in [0.05, 0.1) is 0 Å². The zero-order valence-corrected chi connectivity index (χ0v) is 26.7. The molecule has 0 amide bonds. The second kappa shape index (κ2) is 32.2. The van der Waals surface area contributed by atoms with E-state index in [-0.39, 0.29) is 25.1 Å². The number of carbonyl (C=O) groups excluding carboxylic acids is 2. The van der Waals surface area contributed by atoms with Gasteiger partial charge in [0.15, 0.2) is 0 Å². The van der Waals surface area contributed by atoms with E-state index in [9.17, 15) is 9.59 Å². The first kappa shape index (κ1) is 38.6. The maximum atomic E-state index is 12.1. The van der Waals surface area contributed by atoms with Crippen molar-refractivity contribution in [1.29, 1.82) is 0 Å². The SMILES string of the molecule is CCCCCCCC/C=C\CCCCCCCC(=O)OCC(CN)OC(=O)CCCCCCCCCCCCC. The molecule has 2 N–H and O–H groups in total. The van der Waals surface area contributed by atoms with Gasteiger partial charge >= 0.3 is 11.9 Å². The summed E-state index contributed by atoms with van der Waals surface area (Å²) in [6.45, 7) is 4.75. The number of hydrogen-bond donors (Lipinski definition) is 1. The zero-order chi connectivity index (χ0) is 29.4. The summed E-state index contributed by atoms with van der Waals surface area (Å²) in [5.74, 6) is -0.461. The minimum atomic E-state index is -0.543. The molecule has 0 aliphatic rings. The minimum absolute atomic E-state index is 0.0599. The molecule has 40 heavy (non-hydrogen) atoms. The number of ether oxygens (including phenoxy) is 2. The Morgan fingerprint density at radius 3 is 1.35 bits per heavy atom. The quantitative estimate of drug-likeness (QED) is 0.0514. The molecule has 0 fully saturated rings. The fourth-order valence-electron chi connectivity index (χ4n) is 4.93. The zero-order valence-electron chi connectivity index (χ0n) is 26.7. The van der Waals surface area contributed by atoms with Crippen LogP contribution in [-0.4, -0.2) is 31.2 Å². The highest BCUT2D eigenvalue weighted by atomic mass is 16.6. The van der Waals surface area contributed by atoms with E-state index in [0.717, 1.165) is 38.5 Å². The van der Waals surface area contributed by atoms with Crippen molar-refractivity contribution in [2.75, 3.05) is 13.2 Å². The Morgan fingerprint density at radius 2 is 0.925 bits per heavy atom. The van der Waals surface area contributed by atoms with Crippen LogP contribution in [0.4, 0.5) is 0 Å². The van der Waals surface area contributed by atoms with E-state index >= 15 is 0 Å². The van der Waals surface area contributed by atoms with Gasteiger partial charge in [-0.15, -0.1) is 0 Å². The Kier molecular flexibility index (Phi) is 31.1. The van der Waals surface area contributed by atoms with Gasteiger partial charge in [0.25, 0.3) is 0 Å². The number of allylic oxidation sites excluding steroid dienone is 2. The van der Waals surface area contributed by atoms with Crippen molar-refractivity contribution < 1.29 is 19.1 Å². The van der Waals surface area contributed by atoms with E-state index in [1.807, 2.05) is 0 Å². The Morgan fingerprint density at radius 1 is 0.550 bits per heavy atom. The lowest BCUT2D eigenvalue weighted by atomic mass is 10.1. The molecule has 0 saturated carbocycles. The molecular weight excluding hydrogens is 498 g/mol. The van der Waals surface area contributed by atoms with E-state index < -0.39 is 6.10 Å². The number of carbonyl (C=O) groups is 2. The molecule has 0 aromatic carbocycles. The number of nitrogens with two attached hydrogens (primary N) is 1. The van der Waals surface area contributed by atoms with Crippen LogP contribution < -0.4 is 5.73 Å². The Labute approximate surface area is 248 Å². The van der Waals surface area contributed by atoms with Gasteiger partial charge in [0.1, 0.15) is 12.7 Å². The summed E-state index contributed by atoms with van der Waals surface area (Å²) in [6, 6.07) is 0. The van der Waals surface area contributed by atoms with Crippen molar-refractivity contribution in [1.82, 2.24) is 0 Å². The molecule has 0 aliphatic carbocycles. The highest BCUT2D eigenvalue weighted by molar-refractivity contribution is 5.70. The van der Waals surface area contributed by atoms with Crippen LogP contribution in [0.15, 0.2) is 12.2 Å².